The fourth-order valence-electron chi connectivity index (χ4n) is 3.49. The fourth-order valence-corrected chi connectivity index (χ4v) is 3.70. The first-order valence-corrected chi connectivity index (χ1v) is 7.38. The van der Waals surface area contributed by atoms with Gasteiger partial charge in [0, 0.05) is 5.92 Å². The number of fused-ring (bicyclic) bond motifs is 1. The Kier molecular flexibility index (Phi) is 3.89. The van der Waals surface area contributed by atoms with Gasteiger partial charge in [-0.2, -0.15) is 0 Å². The highest BCUT2D eigenvalue weighted by molar-refractivity contribution is 7.78. The molecule has 0 bridgehead atoms. The van der Waals surface area contributed by atoms with Crippen molar-refractivity contribution in [2.45, 2.75) is 58.9 Å². The molecule has 2 atom stereocenters. The smallest absolute Gasteiger partial charge is 0.0754 e. The van der Waals surface area contributed by atoms with E-state index in [1.165, 1.54) is 18.4 Å². The molecule has 0 aliphatic heterocycles. The van der Waals surface area contributed by atoms with E-state index in [9.17, 15) is 0 Å². The van der Waals surface area contributed by atoms with Crippen LogP contribution in [0.1, 0.15) is 53.4 Å². The maximum atomic E-state index is 4.85. The molecule has 0 saturated heterocycles. The summed E-state index contributed by atoms with van der Waals surface area (Å²) >= 11 is 4.85. The minimum absolute atomic E-state index is 0.0212. The van der Waals surface area contributed by atoms with E-state index in [0.29, 0.717) is 11.8 Å². The molecule has 0 saturated carbocycles. The number of aliphatic imine (C=N–C) groups is 1. The molecule has 2 aliphatic carbocycles. The quantitative estimate of drug-likeness (QED) is 0.506. The normalized spacial score (nSPS) is 31.8. The molecule has 0 unspecified atom stereocenters. The number of allylic oxidation sites excluding steroid dienone is 3. The van der Waals surface area contributed by atoms with Crippen LogP contribution in [0.5, 0.6) is 0 Å². The first-order chi connectivity index (χ1) is 8.48. The van der Waals surface area contributed by atoms with Gasteiger partial charge in [0.1, 0.15) is 0 Å². The molecule has 0 amide bonds. The van der Waals surface area contributed by atoms with Crippen molar-refractivity contribution in [3.63, 3.8) is 0 Å². The van der Waals surface area contributed by atoms with Gasteiger partial charge in [-0.15, -0.1) is 0 Å². The van der Waals surface area contributed by atoms with Crippen LogP contribution in [0.15, 0.2) is 27.8 Å². The van der Waals surface area contributed by atoms with Crippen LogP contribution < -0.4 is 0 Å². The van der Waals surface area contributed by atoms with Gasteiger partial charge in [0.05, 0.1) is 10.7 Å². The lowest BCUT2D eigenvalue weighted by molar-refractivity contribution is 0.276. The topological polar surface area (TPSA) is 12.4 Å². The fraction of sp³-hybridized carbons (Fsp3) is 0.688. The third kappa shape index (κ3) is 2.37. The standard InChI is InChI=1S/C16H23NS/c1-11(2)13-7-8-16(4,17-10-18)15-6-5-12(3)9-14(13)15/h9,11,15H,5-8H2,1-4H3/t15-,16+/m1/s1. The Bertz CT molecular complexity index is 452. The highest BCUT2D eigenvalue weighted by Gasteiger charge is 2.41. The molecule has 1 nitrogen and oxygen atoms in total. The van der Waals surface area contributed by atoms with Gasteiger partial charge in [0.15, 0.2) is 0 Å². The highest BCUT2D eigenvalue weighted by Crippen LogP contribution is 2.47. The summed E-state index contributed by atoms with van der Waals surface area (Å²) in [5, 5.41) is 2.63. The molecular weight excluding hydrogens is 238 g/mol. The SMILES string of the molecule is CC1=CC2=C(C(C)C)CC[C@](C)(N=C=S)[C@@H]2CC1. The van der Waals surface area contributed by atoms with E-state index in [0.717, 1.165) is 12.8 Å². The van der Waals surface area contributed by atoms with E-state index >= 15 is 0 Å². The summed E-state index contributed by atoms with van der Waals surface area (Å²) in [4.78, 5) is 4.52. The third-order valence-corrected chi connectivity index (χ3v) is 4.72. The number of rotatable bonds is 2. The van der Waals surface area contributed by atoms with Crippen molar-refractivity contribution in [3.8, 4) is 0 Å². The summed E-state index contributed by atoms with van der Waals surface area (Å²) in [7, 11) is 0. The molecule has 2 rings (SSSR count). The predicted molar refractivity (Wildman–Crippen MR) is 81.0 cm³/mol. The van der Waals surface area contributed by atoms with E-state index < -0.39 is 0 Å². The van der Waals surface area contributed by atoms with E-state index in [1.807, 2.05) is 0 Å². The van der Waals surface area contributed by atoms with Crippen LogP contribution in [-0.4, -0.2) is 10.7 Å². The lowest BCUT2D eigenvalue weighted by atomic mass is 9.65. The van der Waals surface area contributed by atoms with Crippen LogP contribution in [0, 0.1) is 11.8 Å². The van der Waals surface area contributed by atoms with Gasteiger partial charge in [-0.1, -0.05) is 31.1 Å². The van der Waals surface area contributed by atoms with Gasteiger partial charge in [-0.25, -0.2) is 4.99 Å². The number of isothiocyanates is 1. The zero-order valence-corrected chi connectivity index (χ0v) is 12.7. The van der Waals surface area contributed by atoms with Crippen LogP contribution in [0.2, 0.25) is 0 Å². The molecular formula is C16H23NS. The van der Waals surface area contributed by atoms with Crippen LogP contribution in [0.25, 0.3) is 0 Å². The van der Waals surface area contributed by atoms with E-state index in [4.69, 9.17) is 12.2 Å². The third-order valence-electron chi connectivity index (χ3n) is 4.62. The molecule has 2 aliphatic rings. The first kappa shape index (κ1) is 13.7. The van der Waals surface area contributed by atoms with Gasteiger partial charge in [-0.05, 0) is 63.2 Å². The molecule has 0 aromatic heterocycles. The lowest BCUT2D eigenvalue weighted by Crippen LogP contribution is -2.39. The maximum Gasteiger partial charge on any atom is 0.0754 e. The molecule has 0 aromatic carbocycles. The summed E-state index contributed by atoms with van der Waals surface area (Å²) in [5.41, 5.74) is 4.68. The average molecular weight is 261 g/mol. The number of hydrogen-bond acceptors (Lipinski definition) is 2. The molecule has 0 heterocycles. The van der Waals surface area contributed by atoms with Crippen molar-refractivity contribution in [3.05, 3.63) is 22.8 Å². The minimum atomic E-state index is -0.0212. The second kappa shape index (κ2) is 5.11. The molecule has 98 valence electrons. The summed E-state index contributed by atoms with van der Waals surface area (Å²) in [6, 6.07) is 0. The van der Waals surface area contributed by atoms with Gasteiger partial charge in [0.25, 0.3) is 0 Å². The van der Waals surface area contributed by atoms with Gasteiger partial charge >= 0.3 is 0 Å². The molecule has 0 fully saturated rings. The highest BCUT2D eigenvalue weighted by atomic mass is 32.1. The second-order valence-electron chi connectivity index (χ2n) is 6.28. The van der Waals surface area contributed by atoms with E-state index in [1.54, 1.807) is 11.1 Å². The maximum absolute atomic E-state index is 4.85. The Balaban J connectivity index is 2.51. The van der Waals surface area contributed by atoms with Gasteiger partial charge in [0.2, 0.25) is 0 Å². The molecule has 2 heteroatoms. The Labute approximate surface area is 116 Å². The van der Waals surface area contributed by atoms with Crippen molar-refractivity contribution in [2.24, 2.45) is 16.8 Å². The van der Waals surface area contributed by atoms with Crippen LogP contribution in [0.3, 0.4) is 0 Å². The lowest BCUT2D eigenvalue weighted by Gasteiger charge is -2.43. The number of hydrogen-bond donors (Lipinski definition) is 0. The van der Waals surface area contributed by atoms with Gasteiger partial charge < -0.3 is 0 Å². The molecule has 0 aromatic rings. The summed E-state index contributed by atoms with van der Waals surface area (Å²) < 4.78 is 0. The van der Waals surface area contributed by atoms with Crippen LogP contribution in [-0.2, 0) is 0 Å². The average Bonchev–Trinajstić information content (AvgIpc) is 2.28. The second-order valence-corrected chi connectivity index (χ2v) is 6.46. The zero-order valence-electron chi connectivity index (χ0n) is 11.9. The molecule has 0 radical (unpaired) electrons. The zero-order chi connectivity index (χ0) is 13.3. The van der Waals surface area contributed by atoms with Gasteiger partial charge in [-0.3, -0.25) is 0 Å². The van der Waals surface area contributed by atoms with Crippen LogP contribution >= 0.6 is 12.2 Å². The van der Waals surface area contributed by atoms with E-state index in [2.05, 4.69) is 43.9 Å². The molecule has 18 heavy (non-hydrogen) atoms. The monoisotopic (exact) mass is 261 g/mol. The Morgan fingerprint density at radius 1 is 1.44 bits per heavy atom. The van der Waals surface area contributed by atoms with Crippen molar-refractivity contribution < 1.29 is 0 Å². The predicted octanol–water partition coefficient (Wildman–Crippen LogP) is 4.95. The molecule has 0 spiro atoms. The van der Waals surface area contributed by atoms with Crippen molar-refractivity contribution in [2.75, 3.05) is 0 Å². The van der Waals surface area contributed by atoms with Crippen molar-refractivity contribution >= 4 is 17.4 Å². The largest absolute Gasteiger partial charge is 0.225 e. The Morgan fingerprint density at radius 2 is 2.17 bits per heavy atom. The van der Waals surface area contributed by atoms with Crippen molar-refractivity contribution in [1.82, 2.24) is 0 Å². The summed E-state index contributed by atoms with van der Waals surface area (Å²) in [5.74, 6) is 1.19. The first-order valence-electron chi connectivity index (χ1n) is 6.97. The van der Waals surface area contributed by atoms with Crippen LogP contribution in [0.4, 0.5) is 0 Å². The Hall–Kier alpha value is -0.720. The minimum Gasteiger partial charge on any atom is -0.225 e. The van der Waals surface area contributed by atoms with E-state index in [-0.39, 0.29) is 5.54 Å². The number of nitrogens with zero attached hydrogens (tertiary/aromatic N) is 1. The number of thiocarbonyl (C=S) groups is 1. The van der Waals surface area contributed by atoms with Crippen molar-refractivity contribution in [1.29, 1.82) is 0 Å². The summed E-state index contributed by atoms with van der Waals surface area (Å²) in [6.07, 6.45) is 7.10. The molecule has 0 N–H and O–H groups in total. The Morgan fingerprint density at radius 3 is 2.78 bits per heavy atom. The summed E-state index contributed by atoms with van der Waals surface area (Å²) in [6.45, 7) is 9.11.